The van der Waals surface area contributed by atoms with Gasteiger partial charge in [0.05, 0.1) is 26.4 Å². The highest BCUT2D eigenvalue weighted by Crippen LogP contribution is 2.45. The Hall–Kier alpha value is -4.57. The van der Waals surface area contributed by atoms with Crippen LogP contribution in [0.1, 0.15) is 239 Å². The number of hydrogen-bond donors (Lipinski definition) is 4. The van der Waals surface area contributed by atoms with Crippen molar-refractivity contribution in [2.24, 2.45) is 0 Å². The zero-order valence-corrected chi connectivity index (χ0v) is 57.7. The van der Waals surface area contributed by atoms with Crippen LogP contribution in [0.2, 0.25) is 0 Å². The van der Waals surface area contributed by atoms with Crippen LogP contribution < -0.4 is 0 Å². The Morgan fingerprint density at radius 2 is 0.582 bits per heavy atom. The molecule has 0 saturated heterocycles. The molecule has 0 aliphatic carbocycles. The van der Waals surface area contributed by atoms with E-state index in [0.29, 0.717) is 19.3 Å². The van der Waals surface area contributed by atoms with Gasteiger partial charge in [-0.05, 0) is 141 Å². The van der Waals surface area contributed by atoms with E-state index in [1.807, 2.05) is 0 Å². The van der Waals surface area contributed by atoms with E-state index in [-0.39, 0.29) is 19.3 Å². The molecule has 0 aliphatic heterocycles. The highest BCUT2D eigenvalue weighted by molar-refractivity contribution is 7.47. The zero-order chi connectivity index (χ0) is 66.7. The first-order valence-electron chi connectivity index (χ1n) is 34.1. The molecular weight excluding hydrogens is 1190 g/mol. The van der Waals surface area contributed by atoms with Crippen LogP contribution >= 0.6 is 15.6 Å². The molecular formula is C73H120O16P2. The first-order valence-corrected chi connectivity index (χ1v) is 37.1. The van der Waals surface area contributed by atoms with Crippen LogP contribution in [0.15, 0.2) is 146 Å². The van der Waals surface area contributed by atoms with E-state index in [1.54, 1.807) is 0 Å². The molecule has 0 bridgehead atoms. The van der Waals surface area contributed by atoms with Crippen molar-refractivity contribution in [1.82, 2.24) is 0 Å². The molecule has 4 N–H and O–H groups in total. The van der Waals surface area contributed by atoms with Gasteiger partial charge in [0.2, 0.25) is 0 Å². The summed E-state index contributed by atoms with van der Waals surface area (Å²) in [6.45, 7) is 2.30. The lowest BCUT2D eigenvalue weighted by atomic mass is 10.1. The molecule has 91 heavy (non-hydrogen) atoms. The van der Waals surface area contributed by atoms with Crippen LogP contribution in [-0.2, 0) is 55.8 Å². The fraction of sp³-hybridized carbons (Fsp3) is 0.630. The summed E-state index contributed by atoms with van der Waals surface area (Å²) >= 11 is 0. The summed E-state index contributed by atoms with van der Waals surface area (Å²) < 4.78 is 60.8. The summed E-state index contributed by atoms with van der Waals surface area (Å²) in [6, 6.07) is 0. The molecule has 0 rings (SSSR count). The number of allylic oxidation sites excluding steroid dienone is 24. The number of phosphoric acid groups is 2. The number of rotatable bonds is 63. The van der Waals surface area contributed by atoms with Crippen molar-refractivity contribution in [2.45, 2.75) is 257 Å². The van der Waals surface area contributed by atoms with Crippen LogP contribution in [0.3, 0.4) is 0 Å². The molecule has 5 atom stereocenters. The average Bonchev–Trinajstić information content (AvgIpc) is 3.02. The highest BCUT2D eigenvalue weighted by atomic mass is 31.2. The number of aliphatic hydroxyl groups excluding tert-OH is 2. The summed E-state index contributed by atoms with van der Waals surface area (Å²) in [6.07, 6.45) is 77.5. The maximum absolute atomic E-state index is 12.9. The summed E-state index contributed by atoms with van der Waals surface area (Å²) in [5.41, 5.74) is 0. The van der Waals surface area contributed by atoms with Gasteiger partial charge in [0, 0.05) is 19.3 Å². The summed E-state index contributed by atoms with van der Waals surface area (Å²) in [7, 11) is -9.81. The molecule has 16 nitrogen and oxygen atoms in total. The fourth-order valence-corrected chi connectivity index (χ4v) is 9.94. The van der Waals surface area contributed by atoms with Gasteiger partial charge in [0.15, 0.2) is 6.10 Å². The number of carbonyl (C=O) groups excluding carboxylic acids is 3. The van der Waals surface area contributed by atoms with Gasteiger partial charge in [-0.15, -0.1) is 0 Å². The minimum Gasteiger partial charge on any atom is -0.463 e. The number of ether oxygens (including phenoxy) is 3. The number of carbonyl (C=O) groups is 3. The fourth-order valence-electron chi connectivity index (χ4n) is 8.36. The maximum Gasteiger partial charge on any atom is 0.472 e. The van der Waals surface area contributed by atoms with Crippen molar-refractivity contribution in [3.05, 3.63) is 146 Å². The number of aliphatic hydroxyl groups is 2. The Bertz CT molecular complexity index is 2240. The minimum atomic E-state index is -4.94. The molecule has 0 heterocycles. The Kier molecular flexibility index (Phi) is 62.2. The predicted molar refractivity (Wildman–Crippen MR) is 371 cm³/mol. The van der Waals surface area contributed by atoms with E-state index in [9.17, 15) is 43.5 Å². The van der Waals surface area contributed by atoms with E-state index >= 15 is 0 Å². The van der Waals surface area contributed by atoms with E-state index in [2.05, 4.69) is 167 Å². The number of unbranched alkanes of at least 4 members (excludes halogenated alkanes) is 16. The van der Waals surface area contributed by atoms with Gasteiger partial charge in [-0.1, -0.05) is 224 Å². The standard InChI is InChI=1S/C73H120O16P2/c1-4-7-10-13-16-19-22-25-28-31-33-36-38-41-44-47-50-53-56-59-71(76)83-62-68(74)63-85-90(79,80)86-64-69(75)65-87-91(81,82)88-67-70(89-73(78)61-58-55-52-49-46-43-40-35-30-27-24-21-18-15-12-9-6-3)66-84-72(77)60-57-54-51-48-45-42-39-37-34-32-29-26-23-20-17-14-11-8-5-2/h7,9-10,12,16-21,25-30,33-34,36-37,40-41,43-44,68-70,74-75H,4-6,8,11,13-15,22-24,31-32,35,38-39,42,45-67H2,1-3H3,(H,79,80)(H,81,82)/b10-7-,12-9-,19-16-,20-17-,21-18-,28-25-,29-26-,30-27-,36-33-,37-34-,43-40-,44-41-. The predicted octanol–water partition coefficient (Wildman–Crippen LogP) is 19.0. The molecule has 0 aromatic heterocycles. The quantitative estimate of drug-likeness (QED) is 0.0146. The lowest BCUT2D eigenvalue weighted by molar-refractivity contribution is -0.161. The van der Waals surface area contributed by atoms with Crippen molar-refractivity contribution in [3.8, 4) is 0 Å². The molecule has 0 aromatic rings. The van der Waals surface area contributed by atoms with Crippen LogP contribution in [0.25, 0.3) is 0 Å². The lowest BCUT2D eigenvalue weighted by Crippen LogP contribution is -2.30. The molecule has 0 spiro atoms. The normalized spacial score (nSPS) is 15.1. The molecule has 0 aliphatic rings. The summed E-state index contributed by atoms with van der Waals surface area (Å²) in [5.74, 6) is -1.66. The monoisotopic (exact) mass is 1310 g/mol. The van der Waals surface area contributed by atoms with Gasteiger partial charge in [-0.2, -0.15) is 0 Å². The molecule has 0 amide bonds. The molecule has 5 unspecified atom stereocenters. The van der Waals surface area contributed by atoms with E-state index < -0.39 is 91.5 Å². The first kappa shape index (κ1) is 86.4. The molecule has 0 radical (unpaired) electrons. The second-order valence-electron chi connectivity index (χ2n) is 22.2. The van der Waals surface area contributed by atoms with E-state index in [1.165, 1.54) is 19.3 Å². The Balaban J connectivity index is 4.79. The van der Waals surface area contributed by atoms with Gasteiger partial charge in [-0.3, -0.25) is 32.5 Å². The van der Waals surface area contributed by atoms with Gasteiger partial charge in [-0.25, -0.2) is 9.13 Å². The second-order valence-corrected chi connectivity index (χ2v) is 25.1. The third-order valence-electron chi connectivity index (χ3n) is 13.5. The Labute approximate surface area is 549 Å². The molecule has 18 heteroatoms. The minimum absolute atomic E-state index is 0.0675. The average molecular weight is 1320 g/mol. The van der Waals surface area contributed by atoms with Crippen molar-refractivity contribution >= 4 is 33.6 Å². The zero-order valence-electron chi connectivity index (χ0n) is 56.0. The van der Waals surface area contributed by atoms with Crippen LogP contribution in [-0.4, -0.2) is 95.9 Å². The third-order valence-corrected chi connectivity index (χ3v) is 15.4. The van der Waals surface area contributed by atoms with Crippen LogP contribution in [0.5, 0.6) is 0 Å². The lowest BCUT2D eigenvalue weighted by Gasteiger charge is -2.21. The second kappa shape index (κ2) is 65.5. The third kappa shape index (κ3) is 66.7. The molecule has 518 valence electrons. The molecule has 0 fully saturated rings. The van der Waals surface area contributed by atoms with Gasteiger partial charge in [0.1, 0.15) is 25.4 Å². The van der Waals surface area contributed by atoms with Gasteiger partial charge < -0.3 is 34.2 Å². The first-order chi connectivity index (χ1) is 44.2. The van der Waals surface area contributed by atoms with Crippen molar-refractivity contribution in [2.75, 3.05) is 39.6 Å². The van der Waals surface area contributed by atoms with Crippen LogP contribution in [0, 0.1) is 0 Å². The van der Waals surface area contributed by atoms with E-state index in [4.69, 9.17) is 32.3 Å². The van der Waals surface area contributed by atoms with Gasteiger partial charge >= 0.3 is 33.6 Å². The number of hydrogen-bond acceptors (Lipinski definition) is 14. The van der Waals surface area contributed by atoms with E-state index in [0.717, 1.165) is 161 Å². The summed E-state index contributed by atoms with van der Waals surface area (Å²) in [4.78, 5) is 58.4. The molecule has 0 saturated carbocycles. The Morgan fingerprint density at radius 3 is 0.934 bits per heavy atom. The van der Waals surface area contributed by atoms with Crippen molar-refractivity contribution in [3.63, 3.8) is 0 Å². The maximum atomic E-state index is 12.9. The number of esters is 3. The van der Waals surface area contributed by atoms with Gasteiger partial charge in [0.25, 0.3) is 0 Å². The number of phosphoric ester groups is 2. The van der Waals surface area contributed by atoms with Crippen molar-refractivity contribution < 1.29 is 75.8 Å². The largest absolute Gasteiger partial charge is 0.472 e. The summed E-state index contributed by atoms with van der Waals surface area (Å²) in [5, 5.41) is 20.5. The van der Waals surface area contributed by atoms with Crippen molar-refractivity contribution in [1.29, 1.82) is 0 Å². The smallest absolute Gasteiger partial charge is 0.463 e. The SMILES string of the molecule is CC/C=C\C/C=C\C/C=C\C/C=C\C/C=C\CCCCCC(=O)OCC(O)COP(=O)(O)OCC(O)COP(=O)(O)OCC(COC(=O)CCCCCCCC/C=C\C/C=C\C/C=C\CCCCC)OC(=O)CCCCCC/C=C\C/C=C\C/C=C\C/C=C\CC. The topological polar surface area (TPSA) is 231 Å². The highest BCUT2D eigenvalue weighted by Gasteiger charge is 2.29. The van der Waals surface area contributed by atoms with Crippen LogP contribution in [0.4, 0.5) is 0 Å². The Morgan fingerprint density at radius 1 is 0.319 bits per heavy atom. The molecule has 0 aromatic carbocycles.